The van der Waals surface area contributed by atoms with Crippen LogP contribution in [-0.2, 0) is 0 Å². The smallest absolute Gasteiger partial charge is 0.184 e. The molecule has 9 nitrogen and oxygen atoms in total. The highest BCUT2D eigenvalue weighted by Gasteiger charge is 1.94. The van der Waals surface area contributed by atoms with Gasteiger partial charge in [-0.25, -0.2) is 0 Å². The molecule has 0 heterocycles. The van der Waals surface area contributed by atoms with Gasteiger partial charge in [0.2, 0.25) is 0 Å². The Morgan fingerprint density at radius 3 is 1.41 bits per heavy atom. The van der Waals surface area contributed by atoms with E-state index in [4.69, 9.17) is 11.5 Å². The van der Waals surface area contributed by atoms with E-state index < -0.39 is 0 Å². The number of nitrogens with two attached hydrogens (primary N) is 2. The Kier molecular flexibility index (Phi) is 11.4. The Morgan fingerprint density at radius 2 is 1.11 bits per heavy atom. The summed E-state index contributed by atoms with van der Waals surface area (Å²) < 4.78 is 0. The molecule has 10 N–H and O–H groups in total. The fraction of sp³-hybridized carbons (Fsp3) is 0. The number of hydrogen-bond acceptors (Lipinski definition) is 6. The molecule has 0 amide bonds. The summed E-state index contributed by atoms with van der Waals surface area (Å²) in [6.45, 7) is 0. The number of rotatable bonds is 4. The van der Waals surface area contributed by atoms with E-state index in [0.29, 0.717) is 11.1 Å². The van der Waals surface area contributed by atoms with Crippen molar-refractivity contribution in [3.63, 3.8) is 0 Å². The molecule has 0 unspecified atom stereocenters. The number of hydrogen-bond donors (Lipinski definition) is 6. The highest BCUT2D eigenvalue weighted by molar-refractivity contribution is 7.80. The van der Waals surface area contributed by atoms with Crippen molar-refractivity contribution in [2.45, 2.75) is 0 Å². The van der Waals surface area contributed by atoms with Crippen LogP contribution < -0.4 is 22.3 Å². The molecule has 0 aliphatic heterocycles. The van der Waals surface area contributed by atoms with Gasteiger partial charge in [-0.3, -0.25) is 10.9 Å². The standard InChI is InChI=1S/2C8H9N3OS.H2O/c2*9-8(13)11-10-5-6-3-1-2-4-7(6)12;/h2*1-5,12H,(H3,9,11,13);1H2/b2*10-5+;. The molecule has 0 aromatic heterocycles. The Hall–Kier alpha value is -3.28. The first kappa shape index (κ1) is 23.7. The fourth-order valence-corrected chi connectivity index (χ4v) is 1.63. The molecule has 0 saturated carbocycles. The molecule has 144 valence electrons. The summed E-state index contributed by atoms with van der Waals surface area (Å²) in [5.41, 5.74) is 16.3. The molecular formula is C16H20N6O3S2. The van der Waals surface area contributed by atoms with Crippen LogP contribution in [0.5, 0.6) is 11.5 Å². The molecule has 0 aliphatic rings. The molecule has 0 aliphatic carbocycles. The number of hydrazone groups is 2. The van der Waals surface area contributed by atoms with Crippen LogP contribution in [0.3, 0.4) is 0 Å². The quantitative estimate of drug-likeness (QED) is 0.238. The van der Waals surface area contributed by atoms with Crippen molar-refractivity contribution in [2.24, 2.45) is 21.7 Å². The number of nitrogens with one attached hydrogen (secondary N) is 2. The Morgan fingerprint density at radius 1 is 0.778 bits per heavy atom. The SMILES string of the molecule is NC(=S)N/N=C/c1ccccc1O.NC(=S)N/N=C/c1ccccc1O.O. The van der Waals surface area contributed by atoms with Crippen LogP contribution in [0.15, 0.2) is 58.7 Å². The van der Waals surface area contributed by atoms with E-state index in [1.807, 2.05) is 0 Å². The Bertz CT molecular complexity index is 747. The van der Waals surface area contributed by atoms with Gasteiger partial charge in [0.05, 0.1) is 12.4 Å². The van der Waals surface area contributed by atoms with E-state index in [-0.39, 0.29) is 27.2 Å². The van der Waals surface area contributed by atoms with Gasteiger partial charge in [0.1, 0.15) is 11.5 Å². The minimum Gasteiger partial charge on any atom is -0.507 e. The van der Waals surface area contributed by atoms with E-state index in [1.54, 1.807) is 48.5 Å². The van der Waals surface area contributed by atoms with Crippen LogP contribution in [-0.4, -0.2) is 38.3 Å². The molecule has 2 aromatic rings. The van der Waals surface area contributed by atoms with Gasteiger partial charge >= 0.3 is 0 Å². The fourth-order valence-electron chi connectivity index (χ4n) is 1.52. The van der Waals surface area contributed by atoms with Gasteiger partial charge in [0.15, 0.2) is 10.2 Å². The van der Waals surface area contributed by atoms with Crippen LogP contribution in [0.2, 0.25) is 0 Å². The van der Waals surface area contributed by atoms with Crippen LogP contribution in [0.1, 0.15) is 11.1 Å². The van der Waals surface area contributed by atoms with Crippen molar-refractivity contribution in [2.75, 3.05) is 0 Å². The van der Waals surface area contributed by atoms with Crippen LogP contribution in [0, 0.1) is 0 Å². The summed E-state index contributed by atoms with van der Waals surface area (Å²) in [5.74, 6) is 0.326. The normalized spacial score (nSPS) is 9.78. The zero-order chi connectivity index (χ0) is 19.4. The summed E-state index contributed by atoms with van der Waals surface area (Å²) in [6, 6.07) is 13.6. The maximum atomic E-state index is 9.29. The molecule has 0 atom stereocenters. The maximum absolute atomic E-state index is 9.29. The van der Waals surface area contributed by atoms with Crippen LogP contribution >= 0.6 is 24.4 Å². The molecule has 2 rings (SSSR count). The lowest BCUT2D eigenvalue weighted by molar-refractivity contribution is 0.474. The largest absolute Gasteiger partial charge is 0.507 e. The Balaban J connectivity index is 0.000000483. The molecule has 0 bridgehead atoms. The number of aromatic hydroxyl groups is 2. The predicted molar refractivity (Wildman–Crippen MR) is 115 cm³/mol. The number of phenols is 2. The Labute approximate surface area is 166 Å². The third-order valence-corrected chi connectivity index (χ3v) is 2.81. The molecule has 0 spiro atoms. The van der Waals surface area contributed by atoms with Crippen molar-refractivity contribution in [1.82, 2.24) is 10.9 Å². The van der Waals surface area contributed by atoms with E-state index >= 15 is 0 Å². The zero-order valence-electron chi connectivity index (χ0n) is 14.0. The highest BCUT2D eigenvalue weighted by Crippen LogP contribution is 2.12. The first-order valence-electron chi connectivity index (χ1n) is 7.13. The van der Waals surface area contributed by atoms with E-state index in [0.717, 1.165) is 0 Å². The number of para-hydroxylation sites is 2. The third-order valence-electron chi connectivity index (χ3n) is 2.63. The average Bonchev–Trinajstić information content (AvgIpc) is 2.58. The van der Waals surface area contributed by atoms with Crippen LogP contribution in [0.25, 0.3) is 0 Å². The number of benzene rings is 2. The highest BCUT2D eigenvalue weighted by atomic mass is 32.1. The van der Waals surface area contributed by atoms with Crippen molar-refractivity contribution >= 4 is 47.1 Å². The zero-order valence-corrected chi connectivity index (χ0v) is 15.7. The first-order valence-corrected chi connectivity index (χ1v) is 7.94. The summed E-state index contributed by atoms with van der Waals surface area (Å²) in [4.78, 5) is 0. The van der Waals surface area contributed by atoms with Gasteiger partial charge < -0.3 is 27.2 Å². The average molecular weight is 409 g/mol. The first-order chi connectivity index (χ1) is 12.4. The topological polar surface area (TPSA) is 173 Å². The number of nitrogens with zero attached hydrogens (tertiary/aromatic N) is 2. The van der Waals surface area contributed by atoms with Crippen molar-refractivity contribution in [3.05, 3.63) is 59.7 Å². The molecule has 2 aromatic carbocycles. The van der Waals surface area contributed by atoms with Crippen molar-refractivity contribution < 1.29 is 15.7 Å². The molecule has 0 fully saturated rings. The molecule has 11 heteroatoms. The number of thiocarbonyl (C=S) groups is 2. The second kappa shape index (κ2) is 13.0. The second-order valence-electron chi connectivity index (χ2n) is 4.59. The van der Waals surface area contributed by atoms with Crippen molar-refractivity contribution in [3.8, 4) is 11.5 Å². The van der Waals surface area contributed by atoms with Crippen molar-refractivity contribution in [1.29, 1.82) is 0 Å². The minimum absolute atomic E-state index is 0. The van der Waals surface area contributed by atoms with Gasteiger partial charge in [0.25, 0.3) is 0 Å². The lowest BCUT2D eigenvalue weighted by atomic mass is 10.2. The third kappa shape index (κ3) is 10.3. The van der Waals surface area contributed by atoms with E-state index in [1.165, 1.54) is 12.4 Å². The molecule has 27 heavy (non-hydrogen) atoms. The predicted octanol–water partition coefficient (Wildman–Crippen LogP) is 0.294. The molecule has 0 saturated heterocycles. The monoisotopic (exact) mass is 408 g/mol. The summed E-state index contributed by atoms with van der Waals surface area (Å²) in [7, 11) is 0. The summed E-state index contributed by atoms with van der Waals surface area (Å²) in [5, 5.41) is 26.2. The second-order valence-corrected chi connectivity index (χ2v) is 5.47. The van der Waals surface area contributed by atoms with Gasteiger partial charge in [-0.05, 0) is 48.7 Å². The summed E-state index contributed by atoms with van der Waals surface area (Å²) in [6.07, 6.45) is 2.88. The van der Waals surface area contributed by atoms with Gasteiger partial charge in [-0.1, -0.05) is 24.3 Å². The molecule has 0 radical (unpaired) electrons. The minimum atomic E-state index is 0. The maximum Gasteiger partial charge on any atom is 0.184 e. The lowest BCUT2D eigenvalue weighted by Gasteiger charge is -1.97. The number of phenolic OH excluding ortho intramolecular Hbond substituents is 2. The van der Waals surface area contributed by atoms with Gasteiger partial charge in [0, 0.05) is 11.1 Å². The van der Waals surface area contributed by atoms with Gasteiger partial charge in [-0.15, -0.1) is 0 Å². The van der Waals surface area contributed by atoms with E-state index in [9.17, 15) is 10.2 Å². The van der Waals surface area contributed by atoms with Gasteiger partial charge in [-0.2, -0.15) is 10.2 Å². The lowest BCUT2D eigenvalue weighted by Crippen LogP contribution is -2.23. The summed E-state index contributed by atoms with van der Waals surface area (Å²) >= 11 is 9.07. The molecular weight excluding hydrogens is 388 g/mol. The van der Waals surface area contributed by atoms with Crippen LogP contribution in [0.4, 0.5) is 0 Å². The van der Waals surface area contributed by atoms with E-state index in [2.05, 4.69) is 45.5 Å².